The first-order valence-corrected chi connectivity index (χ1v) is 11.9. The molecule has 164 valence electrons. The van der Waals surface area contributed by atoms with Crippen molar-refractivity contribution in [2.24, 2.45) is 5.92 Å². The predicted octanol–water partition coefficient (Wildman–Crippen LogP) is 5.06. The minimum Gasteiger partial charge on any atom is -0.494 e. The second-order valence-corrected chi connectivity index (χ2v) is 9.63. The Labute approximate surface area is 185 Å². The van der Waals surface area contributed by atoms with Gasteiger partial charge in [0, 0.05) is 11.5 Å². The highest BCUT2D eigenvalue weighted by Gasteiger charge is 2.51. The van der Waals surface area contributed by atoms with Gasteiger partial charge in [0.15, 0.2) is 0 Å². The summed E-state index contributed by atoms with van der Waals surface area (Å²) >= 11 is 0. The molecule has 31 heavy (non-hydrogen) atoms. The molecule has 4 atom stereocenters. The maximum Gasteiger partial charge on any atom is 0.310 e. The van der Waals surface area contributed by atoms with Crippen molar-refractivity contribution >= 4 is 5.97 Å². The van der Waals surface area contributed by atoms with Crippen molar-refractivity contribution in [2.75, 3.05) is 13.2 Å². The van der Waals surface area contributed by atoms with Crippen LogP contribution >= 0.6 is 0 Å². The Morgan fingerprint density at radius 1 is 1.16 bits per heavy atom. The third kappa shape index (κ3) is 3.87. The van der Waals surface area contributed by atoms with Crippen LogP contribution in [0, 0.1) is 5.92 Å². The Morgan fingerprint density at radius 3 is 2.87 bits per heavy atom. The van der Waals surface area contributed by atoms with Gasteiger partial charge in [-0.05, 0) is 79.8 Å². The van der Waals surface area contributed by atoms with E-state index in [1.165, 1.54) is 37.7 Å². The second-order valence-electron chi connectivity index (χ2n) is 9.63. The van der Waals surface area contributed by atoms with E-state index in [0.29, 0.717) is 24.5 Å². The predicted molar refractivity (Wildman–Crippen MR) is 122 cm³/mol. The van der Waals surface area contributed by atoms with Gasteiger partial charge in [-0.1, -0.05) is 49.2 Å². The van der Waals surface area contributed by atoms with Gasteiger partial charge in [0.1, 0.15) is 5.75 Å². The van der Waals surface area contributed by atoms with Gasteiger partial charge in [-0.2, -0.15) is 0 Å². The number of fused-ring (bicyclic) bond motifs is 1. The van der Waals surface area contributed by atoms with Crippen LogP contribution in [-0.2, 0) is 16.6 Å². The SMILES string of the molecule is O=C(O)C(CCCOc1ccc2c(c1)[C@@]13CCCC[C@H]1[C@@H](C2)NCC3)c1ccccc1. The molecule has 1 heterocycles. The Hall–Kier alpha value is -2.33. The van der Waals surface area contributed by atoms with Gasteiger partial charge >= 0.3 is 5.97 Å². The largest absolute Gasteiger partial charge is 0.494 e. The number of nitrogens with one attached hydrogen (secondary N) is 1. The minimum atomic E-state index is -0.761. The number of carboxylic acid groups (broad SMARTS) is 1. The van der Waals surface area contributed by atoms with E-state index in [4.69, 9.17) is 4.74 Å². The summed E-state index contributed by atoms with van der Waals surface area (Å²) in [6.45, 7) is 1.68. The van der Waals surface area contributed by atoms with Crippen molar-refractivity contribution in [1.82, 2.24) is 5.32 Å². The van der Waals surface area contributed by atoms with E-state index >= 15 is 0 Å². The molecule has 1 unspecified atom stereocenters. The fraction of sp³-hybridized carbons (Fsp3) is 0.519. The molecule has 0 amide bonds. The van der Waals surface area contributed by atoms with Crippen LogP contribution in [0.1, 0.15) is 67.6 Å². The standard InChI is InChI=1S/C27H33NO3/c29-26(30)22(19-7-2-1-3-8-19)9-6-16-31-21-12-11-20-17-25-23-10-4-5-13-27(23,14-15-28-25)24(20)18-21/h1-3,7-8,11-12,18,22-23,25,28H,4-6,9-10,13-17H2,(H,29,30)/t22?,23-,25+,27+/m0/s1. The summed E-state index contributed by atoms with van der Waals surface area (Å²) in [6.07, 6.45) is 9.04. The van der Waals surface area contributed by atoms with Crippen molar-refractivity contribution < 1.29 is 14.6 Å². The molecule has 5 rings (SSSR count). The van der Waals surface area contributed by atoms with Gasteiger partial charge in [0.05, 0.1) is 12.5 Å². The molecule has 2 N–H and O–H groups in total. The number of ether oxygens (including phenoxy) is 1. The average molecular weight is 420 g/mol. The zero-order chi connectivity index (χ0) is 21.3. The Balaban J connectivity index is 1.26. The highest BCUT2D eigenvalue weighted by molar-refractivity contribution is 5.75. The van der Waals surface area contributed by atoms with E-state index in [9.17, 15) is 9.90 Å². The lowest BCUT2D eigenvalue weighted by Crippen LogP contribution is -2.59. The second kappa shape index (κ2) is 8.66. The van der Waals surface area contributed by atoms with Crippen LogP contribution in [0.3, 0.4) is 0 Å². The van der Waals surface area contributed by atoms with Crippen molar-refractivity contribution in [2.45, 2.75) is 68.7 Å². The van der Waals surface area contributed by atoms with Crippen molar-refractivity contribution in [1.29, 1.82) is 0 Å². The van der Waals surface area contributed by atoms with Gasteiger partial charge in [0.25, 0.3) is 0 Å². The van der Waals surface area contributed by atoms with Crippen LogP contribution in [0.15, 0.2) is 48.5 Å². The van der Waals surface area contributed by atoms with Crippen LogP contribution in [0.4, 0.5) is 0 Å². The van der Waals surface area contributed by atoms with Crippen molar-refractivity contribution in [3.63, 3.8) is 0 Å². The smallest absolute Gasteiger partial charge is 0.310 e. The molecular weight excluding hydrogens is 386 g/mol. The lowest BCUT2D eigenvalue weighted by atomic mass is 9.53. The van der Waals surface area contributed by atoms with Crippen LogP contribution in [0.2, 0.25) is 0 Å². The van der Waals surface area contributed by atoms with E-state index < -0.39 is 11.9 Å². The molecule has 1 aliphatic heterocycles. The fourth-order valence-electron chi connectivity index (χ4n) is 6.59. The number of carboxylic acids is 1. The molecule has 3 aliphatic rings. The average Bonchev–Trinajstić information content (AvgIpc) is 2.79. The first-order chi connectivity index (χ1) is 15.2. The number of aliphatic carboxylic acids is 1. The Morgan fingerprint density at radius 2 is 2.03 bits per heavy atom. The summed E-state index contributed by atoms with van der Waals surface area (Å²) in [6, 6.07) is 16.9. The number of hydrogen-bond donors (Lipinski definition) is 2. The molecule has 2 fully saturated rings. The minimum absolute atomic E-state index is 0.336. The molecule has 2 aromatic carbocycles. The summed E-state index contributed by atoms with van der Waals surface area (Å²) in [5.41, 5.74) is 4.24. The van der Waals surface area contributed by atoms with E-state index in [2.05, 4.69) is 23.5 Å². The lowest BCUT2D eigenvalue weighted by Gasteiger charge is -2.56. The highest BCUT2D eigenvalue weighted by Crippen LogP contribution is 2.54. The van der Waals surface area contributed by atoms with E-state index in [1.54, 1.807) is 5.56 Å². The lowest BCUT2D eigenvalue weighted by molar-refractivity contribution is -0.139. The summed E-state index contributed by atoms with van der Waals surface area (Å²) in [4.78, 5) is 11.7. The summed E-state index contributed by atoms with van der Waals surface area (Å²) in [5, 5.41) is 13.4. The number of rotatable bonds is 7. The molecule has 2 aromatic rings. The van der Waals surface area contributed by atoms with Gasteiger partial charge < -0.3 is 15.2 Å². The number of carbonyl (C=O) groups is 1. The van der Waals surface area contributed by atoms with Crippen LogP contribution < -0.4 is 10.1 Å². The summed E-state index contributed by atoms with van der Waals surface area (Å²) < 4.78 is 6.14. The zero-order valence-corrected chi connectivity index (χ0v) is 18.2. The maximum absolute atomic E-state index is 11.7. The normalized spacial score (nSPS) is 27.6. The molecule has 2 aliphatic carbocycles. The topological polar surface area (TPSA) is 58.6 Å². The molecule has 1 saturated heterocycles. The van der Waals surface area contributed by atoms with Gasteiger partial charge in [-0.15, -0.1) is 0 Å². The third-order valence-corrected chi connectivity index (χ3v) is 8.02. The van der Waals surface area contributed by atoms with Crippen LogP contribution in [0.25, 0.3) is 0 Å². The number of piperidine rings is 1. The Kier molecular flexibility index (Phi) is 5.75. The molecule has 4 nitrogen and oxygen atoms in total. The van der Waals surface area contributed by atoms with Crippen molar-refractivity contribution in [3.05, 3.63) is 65.2 Å². The number of benzene rings is 2. The molecule has 0 radical (unpaired) electrons. The molecule has 0 aromatic heterocycles. The number of hydrogen-bond acceptors (Lipinski definition) is 3. The van der Waals surface area contributed by atoms with Gasteiger partial charge in [-0.3, -0.25) is 4.79 Å². The summed E-state index contributed by atoms with van der Waals surface area (Å²) in [5.74, 6) is 0.478. The van der Waals surface area contributed by atoms with Crippen molar-refractivity contribution in [3.8, 4) is 5.75 Å². The Bertz CT molecular complexity index is 923. The highest BCUT2D eigenvalue weighted by atomic mass is 16.5. The fourth-order valence-corrected chi connectivity index (χ4v) is 6.59. The first-order valence-electron chi connectivity index (χ1n) is 11.9. The monoisotopic (exact) mass is 419 g/mol. The zero-order valence-electron chi connectivity index (χ0n) is 18.2. The van der Waals surface area contributed by atoms with Gasteiger partial charge in [0.2, 0.25) is 0 Å². The molecule has 1 saturated carbocycles. The molecule has 0 spiro atoms. The van der Waals surface area contributed by atoms with E-state index in [1.807, 2.05) is 30.3 Å². The van der Waals surface area contributed by atoms with E-state index in [0.717, 1.165) is 36.6 Å². The molecular formula is C27H33NO3. The molecule has 2 bridgehead atoms. The summed E-state index contributed by atoms with van der Waals surface area (Å²) in [7, 11) is 0. The van der Waals surface area contributed by atoms with Crippen LogP contribution in [-0.4, -0.2) is 30.3 Å². The maximum atomic E-state index is 11.7. The third-order valence-electron chi connectivity index (χ3n) is 8.02. The van der Waals surface area contributed by atoms with Crippen LogP contribution in [0.5, 0.6) is 5.75 Å². The first kappa shape index (κ1) is 20.6. The quantitative estimate of drug-likeness (QED) is 0.616. The van der Waals surface area contributed by atoms with E-state index in [-0.39, 0.29) is 0 Å². The van der Waals surface area contributed by atoms with Gasteiger partial charge in [-0.25, -0.2) is 0 Å². The molecule has 4 heteroatoms.